The summed E-state index contributed by atoms with van der Waals surface area (Å²) in [6.07, 6.45) is 2.14. The summed E-state index contributed by atoms with van der Waals surface area (Å²) in [4.78, 5) is 49.7. The number of aliphatic carboxylic acids is 1. The Bertz CT molecular complexity index is 1050. The van der Waals surface area contributed by atoms with Crippen molar-refractivity contribution in [2.45, 2.75) is 37.6 Å². The number of amides is 2. The van der Waals surface area contributed by atoms with Gasteiger partial charge in [0.25, 0.3) is 0 Å². The summed E-state index contributed by atoms with van der Waals surface area (Å²) < 4.78 is 3.08. The summed E-state index contributed by atoms with van der Waals surface area (Å²) in [5.41, 5.74) is 2.27. The Morgan fingerprint density at radius 2 is 1.90 bits per heavy atom. The highest BCUT2D eigenvalue weighted by atomic mass is 16.4. The monoisotopic (exact) mass is 400 g/mol. The standard InChI is InChI=1S/C20H24N4O5/c1-22-18-13(12-7-9-23(10-8-12)11-17(26)27)3-2-4-14(18)24(20(22)29)15-5-6-16(25)21-19(15)28/h2-4,12,15H,5-11H2,1H3,(H,26,27)(H,21,25,28). The van der Waals surface area contributed by atoms with E-state index < -0.39 is 17.9 Å². The highest BCUT2D eigenvalue weighted by molar-refractivity contribution is 6.00. The largest absolute Gasteiger partial charge is 0.480 e. The van der Waals surface area contributed by atoms with Crippen molar-refractivity contribution in [3.63, 3.8) is 0 Å². The van der Waals surface area contributed by atoms with E-state index in [-0.39, 0.29) is 30.5 Å². The number of nitrogens with one attached hydrogen (secondary N) is 1. The van der Waals surface area contributed by atoms with E-state index in [9.17, 15) is 19.2 Å². The van der Waals surface area contributed by atoms with Crippen LogP contribution in [0, 0.1) is 0 Å². The molecule has 2 saturated heterocycles. The summed E-state index contributed by atoms with van der Waals surface area (Å²) >= 11 is 0. The number of carbonyl (C=O) groups excluding carboxylic acids is 2. The lowest BCUT2D eigenvalue weighted by atomic mass is 9.88. The number of benzene rings is 1. The van der Waals surface area contributed by atoms with E-state index in [1.54, 1.807) is 11.6 Å². The summed E-state index contributed by atoms with van der Waals surface area (Å²) in [7, 11) is 1.70. The molecule has 1 atom stereocenters. The van der Waals surface area contributed by atoms with E-state index in [1.807, 2.05) is 23.1 Å². The number of imidazole rings is 1. The maximum absolute atomic E-state index is 13.0. The van der Waals surface area contributed by atoms with Crippen LogP contribution in [0.1, 0.15) is 43.2 Å². The number of nitrogens with zero attached hydrogens (tertiary/aromatic N) is 3. The SMILES string of the molecule is Cn1c(=O)n(C2CCC(=O)NC2=O)c2cccc(C3CCN(CC(=O)O)CC3)c21. The first-order valence-corrected chi connectivity index (χ1v) is 9.84. The molecule has 3 heterocycles. The number of aromatic nitrogens is 2. The van der Waals surface area contributed by atoms with Crippen molar-refractivity contribution in [3.05, 3.63) is 34.2 Å². The minimum Gasteiger partial charge on any atom is -0.480 e. The molecular formula is C20H24N4O5. The molecule has 0 spiro atoms. The van der Waals surface area contributed by atoms with Gasteiger partial charge in [0, 0.05) is 13.5 Å². The van der Waals surface area contributed by atoms with Crippen LogP contribution in [0.2, 0.25) is 0 Å². The molecule has 2 aliphatic heterocycles. The van der Waals surface area contributed by atoms with Gasteiger partial charge < -0.3 is 5.11 Å². The number of imide groups is 1. The van der Waals surface area contributed by atoms with Gasteiger partial charge in [-0.3, -0.25) is 33.7 Å². The number of carboxylic acids is 1. The summed E-state index contributed by atoms with van der Waals surface area (Å²) in [6, 6.07) is 5.04. The smallest absolute Gasteiger partial charge is 0.329 e. The van der Waals surface area contributed by atoms with Gasteiger partial charge in [-0.2, -0.15) is 0 Å². The second-order valence-electron chi connectivity index (χ2n) is 7.84. The van der Waals surface area contributed by atoms with E-state index >= 15 is 0 Å². The van der Waals surface area contributed by atoms with Gasteiger partial charge in [-0.25, -0.2) is 4.79 Å². The zero-order chi connectivity index (χ0) is 20.7. The molecule has 9 heteroatoms. The third kappa shape index (κ3) is 3.46. The number of fused-ring (bicyclic) bond motifs is 1. The summed E-state index contributed by atoms with van der Waals surface area (Å²) in [5, 5.41) is 11.3. The van der Waals surface area contributed by atoms with Crippen molar-refractivity contribution < 1.29 is 19.5 Å². The predicted octanol–water partition coefficient (Wildman–Crippen LogP) is 0.582. The molecule has 29 heavy (non-hydrogen) atoms. The van der Waals surface area contributed by atoms with Gasteiger partial charge in [0.05, 0.1) is 17.6 Å². The van der Waals surface area contributed by atoms with Gasteiger partial charge >= 0.3 is 11.7 Å². The van der Waals surface area contributed by atoms with E-state index in [4.69, 9.17) is 5.11 Å². The molecule has 2 N–H and O–H groups in total. The van der Waals surface area contributed by atoms with Gasteiger partial charge in [0.15, 0.2) is 0 Å². The first kappa shape index (κ1) is 19.4. The molecule has 0 radical (unpaired) electrons. The number of hydrogen-bond acceptors (Lipinski definition) is 5. The molecule has 9 nitrogen and oxygen atoms in total. The van der Waals surface area contributed by atoms with Crippen LogP contribution in [0.5, 0.6) is 0 Å². The second-order valence-corrected chi connectivity index (χ2v) is 7.84. The first-order chi connectivity index (χ1) is 13.9. The Kier molecular flexibility index (Phi) is 4.99. The Labute approximate surface area is 166 Å². The highest BCUT2D eigenvalue weighted by Crippen LogP contribution is 2.34. The summed E-state index contributed by atoms with van der Waals surface area (Å²) in [6.45, 7) is 1.42. The quantitative estimate of drug-likeness (QED) is 0.726. The fourth-order valence-corrected chi connectivity index (χ4v) is 4.62. The number of rotatable bonds is 4. The number of piperidine rings is 2. The van der Waals surface area contributed by atoms with Crippen LogP contribution in [0.25, 0.3) is 11.0 Å². The van der Waals surface area contributed by atoms with Gasteiger partial charge in [0.1, 0.15) is 6.04 Å². The minimum atomic E-state index is -0.825. The number of carbonyl (C=O) groups is 3. The fourth-order valence-electron chi connectivity index (χ4n) is 4.62. The zero-order valence-electron chi connectivity index (χ0n) is 16.3. The van der Waals surface area contributed by atoms with Crippen LogP contribution in [0.15, 0.2) is 23.0 Å². The summed E-state index contributed by atoms with van der Waals surface area (Å²) in [5.74, 6) is -1.36. The van der Waals surface area contributed by atoms with Crippen molar-refractivity contribution in [1.29, 1.82) is 0 Å². The van der Waals surface area contributed by atoms with Gasteiger partial charge in [-0.15, -0.1) is 0 Å². The molecule has 2 fully saturated rings. The van der Waals surface area contributed by atoms with Crippen LogP contribution in [0.4, 0.5) is 0 Å². The normalized spacial score (nSPS) is 21.5. The van der Waals surface area contributed by atoms with Crippen molar-refractivity contribution >= 4 is 28.8 Å². The van der Waals surface area contributed by atoms with Crippen LogP contribution >= 0.6 is 0 Å². The van der Waals surface area contributed by atoms with E-state index in [2.05, 4.69) is 5.32 Å². The molecule has 0 bridgehead atoms. The molecule has 4 rings (SSSR count). The molecule has 0 aliphatic carbocycles. The van der Waals surface area contributed by atoms with Crippen molar-refractivity contribution in [2.75, 3.05) is 19.6 Å². The maximum atomic E-state index is 13.0. The number of para-hydroxylation sites is 1. The molecule has 1 aromatic carbocycles. The van der Waals surface area contributed by atoms with Gasteiger partial charge in [-0.05, 0) is 49.9 Å². The second kappa shape index (κ2) is 7.47. The first-order valence-electron chi connectivity index (χ1n) is 9.84. The highest BCUT2D eigenvalue weighted by Gasteiger charge is 2.32. The number of likely N-dealkylation sites (tertiary alicyclic amines) is 1. The third-order valence-electron chi connectivity index (χ3n) is 6.04. The fraction of sp³-hybridized carbons (Fsp3) is 0.500. The predicted molar refractivity (Wildman–Crippen MR) is 105 cm³/mol. The molecular weight excluding hydrogens is 376 g/mol. The van der Waals surface area contributed by atoms with E-state index in [0.717, 1.165) is 23.9 Å². The zero-order valence-corrected chi connectivity index (χ0v) is 16.3. The topological polar surface area (TPSA) is 114 Å². The van der Waals surface area contributed by atoms with Crippen LogP contribution in [0.3, 0.4) is 0 Å². The van der Waals surface area contributed by atoms with Gasteiger partial charge in [0.2, 0.25) is 11.8 Å². The molecule has 2 amide bonds. The molecule has 1 aromatic heterocycles. The van der Waals surface area contributed by atoms with Crippen molar-refractivity contribution in [2.24, 2.45) is 7.05 Å². The van der Waals surface area contributed by atoms with E-state index in [0.29, 0.717) is 25.0 Å². The van der Waals surface area contributed by atoms with E-state index in [1.165, 1.54) is 4.57 Å². The minimum absolute atomic E-state index is 0.0430. The average molecular weight is 400 g/mol. The Morgan fingerprint density at radius 3 is 2.55 bits per heavy atom. The average Bonchev–Trinajstić information content (AvgIpc) is 2.93. The maximum Gasteiger partial charge on any atom is 0.329 e. The molecule has 2 aliphatic rings. The number of hydrogen-bond donors (Lipinski definition) is 2. The van der Waals surface area contributed by atoms with Crippen LogP contribution < -0.4 is 11.0 Å². The third-order valence-corrected chi connectivity index (χ3v) is 6.04. The number of aryl methyl sites for hydroxylation is 1. The van der Waals surface area contributed by atoms with Crippen molar-refractivity contribution in [1.82, 2.24) is 19.4 Å². The lowest BCUT2D eigenvalue weighted by Crippen LogP contribution is -2.44. The van der Waals surface area contributed by atoms with Crippen LogP contribution in [-0.2, 0) is 21.4 Å². The Hall–Kier alpha value is -2.94. The molecule has 154 valence electrons. The number of carboxylic acid groups (broad SMARTS) is 1. The lowest BCUT2D eigenvalue weighted by molar-refractivity contribution is -0.139. The lowest BCUT2D eigenvalue weighted by Gasteiger charge is -2.31. The molecule has 2 aromatic rings. The van der Waals surface area contributed by atoms with Crippen LogP contribution in [-0.4, -0.2) is 56.6 Å². The Balaban J connectivity index is 1.70. The molecule has 1 unspecified atom stereocenters. The van der Waals surface area contributed by atoms with Crippen molar-refractivity contribution in [3.8, 4) is 0 Å². The molecule has 0 saturated carbocycles. The Morgan fingerprint density at radius 1 is 1.17 bits per heavy atom. The van der Waals surface area contributed by atoms with Gasteiger partial charge in [-0.1, -0.05) is 12.1 Å².